The fourth-order valence-electron chi connectivity index (χ4n) is 3.83. The summed E-state index contributed by atoms with van der Waals surface area (Å²) in [5, 5.41) is 6.03. The minimum Gasteiger partial charge on any atom is -0.353 e. The molecule has 0 bridgehead atoms. The molecular weight excluding hydrogens is 378 g/mol. The summed E-state index contributed by atoms with van der Waals surface area (Å²) in [6.45, 7) is 1.82. The second kappa shape index (κ2) is 9.22. The zero-order valence-electron chi connectivity index (χ0n) is 17.0. The van der Waals surface area contributed by atoms with E-state index in [0.717, 1.165) is 38.8 Å². The third-order valence-electron chi connectivity index (χ3n) is 5.73. The molecule has 2 aliphatic rings. The van der Waals surface area contributed by atoms with Gasteiger partial charge in [0.2, 0.25) is 11.8 Å². The molecule has 156 valence electrons. The van der Waals surface area contributed by atoms with Gasteiger partial charge in [0.05, 0.1) is 12.2 Å². The van der Waals surface area contributed by atoms with Crippen molar-refractivity contribution in [3.8, 4) is 0 Å². The summed E-state index contributed by atoms with van der Waals surface area (Å²) >= 11 is 0. The maximum absolute atomic E-state index is 12.8. The van der Waals surface area contributed by atoms with Gasteiger partial charge in [-0.1, -0.05) is 42.5 Å². The Hall–Kier alpha value is -2.99. The Morgan fingerprint density at radius 1 is 0.867 bits per heavy atom. The molecule has 0 aromatic heterocycles. The molecule has 2 aromatic carbocycles. The van der Waals surface area contributed by atoms with Gasteiger partial charge in [-0.05, 0) is 37.8 Å². The fraction of sp³-hybridized carbons (Fsp3) is 0.375. The van der Waals surface area contributed by atoms with Crippen molar-refractivity contribution in [2.75, 3.05) is 25.0 Å². The van der Waals surface area contributed by atoms with Crippen LogP contribution in [0, 0.1) is 5.92 Å². The first-order valence-corrected chi connectivity index (χ1v) is 10.6. The zero-order valence-corrected chi connectivity index (χ0v) is 17.0. The number of hydrogen-bond donors (Lipinski definition) is 2. The number of ketones is 1. The molecule has 6 nitrogen and oxygen atoms in total. The summed E-state index contributed by atoms with van der Waals surface area (Å²) in [4.78, 5) is 39.4. The molecule has 4 rings (SSSR count). The quantitative estimate of drug-likeness (QED) is 0.695. The van der Waals surface area contributed by atoms with Gasteiger partial charge in [-0.15, -0.1) is 0 Å². The first-order chi connectivity index (χ1) is 14.6. The van der Waals surface area contributed by atoms with Gasteiger partial charge in [-0.3, -0.25) is 19.3 Å². The predicted molar refractivity (Wildman–Crippen MR) is 115 cm³/mol. The maximum Gasteiger partial charge on any atom is 0.238 e. The lowest BCUT2D eigenvalue weighted by atomic mass is 10.0. The lowest BCUT2D eigenvalue weighted by Gasteiger charge is -2.31. The Morgan fingerprint density at radius 3 is 2.23 bits per heavy atom. The molecule has 0 spiro atoms. The van der Waals surface area contributed by atoms with E-state index in [0.29, 0.717) is 16.8 Å². The summed E-state index contributed by atoms with van der Waals surface area (Å²) in [6.07, 6.45) is 3.74. The van der Waals surface area contributed by atoms with E-state index in [1.165, 1.54) is 0 Å². The highest BCUT2D eigenvalue weighted by molar-refractivity contribution is 6.13. The van der Waals surface area contributed by atoms with Crippen LogP contribution in [0.5, 0.6) is 0 Å². The molecule has 1 saturated carbocycles. The summed E-state index contributed by atoms with van der Waals surface area (Å²) in [5.74, 6) is 0.167. The molecule has 30 heavy (non-hydrogen) atoms. The highest BCUT2D eigenvalue weighted by atomic mass is 16.2. The Balaban J connectivity index is 1.30. The number of carbonyl (C=O) groups excluding carboxylic acids is 3. The molecule has 0 radical (unpaired) electrons. The van der Waals surface area contributed by atoms with E-state index >= 15 is 0 Å². The van der Waals surface area contributed by atoms with Crippen LogP contribution in [-0.2, 0) is 9.59 Å². The first-order valence-electron chi connectivity index (χ1n) is 10.6. The van der Waals surface area contributed by atoms with Gasteiger partial charge in [-0.25, -0.2) is 0 Å². The van der Waals surface area contributed by atoms with Crippen LogP contribution in [0.2, 0.25) is 0 Å². The standard InChI is InChI=1S/C24H27N3O3/c28-22(16-27-14-12-19(13-15-27)25-24(30)18-10-11-18)26-21-9-5-4-8-20(21)23(29)17-6-2-1-3-7-17/h1-9,18-19H,10-16H2,(H,25,30)(H,26,28). The van der Waals surface area contributed by atoms with E-state index in [9.17, 15) is 14.4 Å². The molecule has 2 aromatic rings. The van der Waals surface area contributed by atoms with Crippen molar-refractivity contribution in [2.45, 2.75) is 31.7 Å². The number of piperidine rings is 1. The van der Waals surface area contributed by atoms with Gasteiger partial charge >= 0.3 is 0 Å². The predicted octanol–water partition coefficient (Wildman–Crippen LogP) is 2.85. The van der Waals surface area contributed by atoms with Gasteiger partial charge in [0, 0.05) is 36.2 Å². The van der Waals surface area contributed by atoms with Crippen molar-refractivity contribution in [3.63, 3.8) is 0 Å². The van der Waals surface area contributed by atoms with Crippen LogP contribution in [-0.4, -0.2) is 48.2 Å². The summed E-state index contributed by atoms with van der Waals surface area (Å²) in [7, 11) is 0. The number of carbonyl (C=O) groups is 3. The topological polar surface area (TPSA) is 78.5 Å². The van der Waals surface area contributed by atoms with Crippen molar-refractivity contribution in [1.29, 1.82) is 0 Å². The van der Waals surface area contributed by atoms with Gasteiger partial charge in [0.1, 0.15) is 0 Å². The van der Waals surface area contributed by atoms with Crippen molar-refractivity contribution < 1.29 is 14.4 Å². The second-order valence-electron chi connectivity index (χ2n) is 8.12. The fourth-order valence-corrected chi connectivity index (χ4v) is 3.83. The highest BCUT2D eigenvalue weighted by Gasteiger charge is 2.32. The van der Waals surface area contributed by atoms with Crippen molar-refractivity contribution in [2.24, 2.45) is 5.92 Å². The molecule has 2 amide bonds. The maximum atomic E-state index is 12.8. The van der Waals surface area contributed by atoms with Gasteiger partial charge in [-0.2, -0.15) is 0 Å². The molecule has 0 unspecified atom stereocenters. The molecule has 1 heterocycles. The minimum absolute atomic E-state index is 0.112. The SMILES string of the molecule is O=C(CN1CCC(NC(=O)C2CC2)CC1)Nc1ccccc1C(=O)c1ccccc1. The number of para-hydroxylation sites is 1. The number of likely N-dealkylation sites (tertiary alicyclic amines) is 1. The lowest BCUT2D eigenvalue weighted by Crippen LogP contribution is -2.46. The van der Waals surface area contributed by atoms with Crippen molar-refractivity contribution in [1.82, 2.24) is 10.2 Å². The number of nitrogens with zero attached hydrogens (tertiary/aromatic N) is 1. The monoisotopic (exact) mass is 405 g/mol. The number of hydrogen-bond acceptors (Lipinski definition) is 4. The molecule has 1 saturated heterocycles. The Labute approximate surface area is 176 Å². The zero-order chi connectivity index (χ0) is 20.9. The first kappa shape index (κ1) is 20.3. The molecule has 2 fully saturated rings. The summed E-state index contributed by atoms with van der Waals surface area (Å²) in [5.41, 5.74) is 1.61. The average molecular weight is 405 g/mol. The van der Waals surface area contributed by atoms with E-state index in [-0.39, 0.29) is 36.1 Å². The molecule has 0 atom stereocenters. The molecule has 2 N–H and O–H groups in total. The molecule has 6 heteroatoms. The van der Waals surface area contributed by atoms with E-state index in [1.807, 2.05) is 24.3 Å². The van der Waals surface area contributed by atoms with E-state index in [4.69, 9.17) is 0 Å². The summed E-state index contributed by atoms with van der Waals surface area (Å²) in [6, 6.07) is 16.4. The Morgan fingerprint density at radius 2 is 1.53 bits per heavy atom. The van der Waals surface area contributed by atoms with Gasteiger partial charge in [0.25, 0.3) is 0 Å². The number of benzene rings is 2. The van der Waals surface area contributed by atoms with E-state index in [2.05, 4.69) is 15.5 Å². The van der Waals surface area contributed by atoms with Gasteiger partial charge < -0.3 is 10.6 Å². The summed E-state index contributed by atoms with van der Waals surface area (Å²) < 4.78 is 0. The lowest BCUT2D eigenvalue weighted by molar-refractivity contribution is -0.123. The number of rotatable bonds is 7. The normalized spacial score (nSPS) is 17.3. The Kier molecular flexibility index (Phi) is 6.23. The van der Waals surface area contributed by atoms with Crippen molar-refractivity contribution >= 4 is 23.3 Å². The van der Waals surface area contributed by atoms with E-state index < -0.39 is 0 Å². The average Bonchev–Trinajstić information content (AvgIpc) is 3.61. The van der Waals surface area contributed by atoms with Crippen LogP contribution < -0.4 is 10.6 Å². The number of amides is 2. The van der Waals surface area contributed by atoms with Crippen LogP contribution in [0.15, 0.2) is 54.6 Å². The third kappa shape index (κ3) is 5.13. The molecular formula is C24H27N3O3. The smallest absolute Gasteiger partial charge is 0.238 e. The number of anilines is 1. The van der Waals surface area contributed by atoms with Crippen LogP contribution in [0.1, 0.15) is 41.6 Å². The van der Waals surface area contributed by atoms with Crippen LogP contribution in [0.3, 0.4) is 0 Å². The van der Waals surface area contributed by atoms with Crippen LogP contribution in [0.4, 0.5) is 5.69 Å². The Bertz CT molecular complexity index is 916. The third-order valence-corrected chi connectivity index (χ3v) is 5.73. The minimum atomic E-state index is -0.135. The molecule has 1 aliphatic carbocycles. The van der Waals surface area contributed by atoms with Crippen LogP contribution in [0.25, 0.3) is 0 Å². The van der Waals surface area contributed by atoms with Crippen molar-refractivity contribution in [3.05, 3.63) is 65.7 Å². The number of nitrogens with one attached hydrogen (secondary N) is 2. The highest BCUT2D eigenvalue weighted by Crippen LogP contribution is 2.29. The van der Waals surface area contributed by atoms with Crippen LogP contribution >= 0.6 is 0 Å². The largest absolute Gasteiger partial charge is 0.353 e. The second-order valence-corrected chi connectivity index (χ2v) is 8.12. The van der Waals surface area contributed by atoms with Gasteiger partial charge in [0.15, 0.2) is 5.78 Å². The molecule has 1 aliphatic heterocycles. The van der Waals surface area contributed by atoms with E-state index in [1.54, 1.807) is 30.3 Å².